The molecule has 2 aromatic heterocycles. The second kappa shape index (κ2) is 8.22. The van der Waals surface area contributed by atoms with Gasteiger partial charge in [0.05, 0.1) is 17.7 Å². The van der Waals surface area contributed by atoms with Crippen molar-refractivity contribution in [3.63, 3.8) is 0 Å². The van der Waals surface area contributed by atoms with Crippen molar-refractivity contribution in [1.29, 1.82) is 0 Å². The third kappa shape index (κ3) is 4.53. The number of hydrogen-bond acceptors (Lipinski definition) is 7. The van der Waals surface area contributed by atoms with E-state index in [4.69, 9.17) is 4.74 Å². The number of amides is 1. The van der Waals surface area contributed by atoms with Gasteiger partial charge in [-0.3, -0.25) is 4.79 Å². The van der Waals surface area contributed by atoms with E-state index in [0.717, 1.165) is 27.1 Å². The minimum absolute atomic E-state index is 0. The van der Waals surface area contributed by atoms with E-state index in [-0.39, 0.29) is 22.9 Å². The molecule has 0 aliphatic rings. The number of benzene rings is 1. The van der Waals surface area contributed by atoms with Crippen LogP contribution in [0.25, 0.3) is 10.6 Å². The summed E-state index contributed by atoms with van der Waals surface area (Å²) in [5.41, 5.74) is 1.77. The Bertz CT molecular complexity index is 817. The van der Waals surface area contributed by atoms with Gasteiger partial charge in [-0.25, -0.2) is 9.97 Å². The summed E-state index contributed by atoms with van der Waals surface area (Å²) in [5.74, 6) is 0.677. The number of thiazole rings is 2. The lowest BCUT2D eigenvalue weighted by Gasteiger charge is -2.03. The number of carbonyl (C=O) groups is 1. The highest BCUT2D eigenvalue weighted by atomic mass is 79.9. The van der Waals surface area contributed by atoms with Crippen LogP contribution in [0.5, 0.6) is 5.75 Å². The van der Waals surface area contributed by atoms with E-state index >= 15 is 0 Å². The average Bonchev–Trinajstić information content (AvgIpc) is 3.17. The molecule has 126 valence electrons. The van der Waals surface area contributed by atoms with Crippen LogP contribution in [0.1, 0.15) is 6.92 Å². The Hall–Kier alpha value is -1.97. The van der Waals surface area contributed by atoms with Gasteiger partial charge in [0.2, 0.25) is 5.91 Å². The first-order valence-electron chi connectivity index (χ1n) is 6.74. The van der Waals surface area contributed by atoms with Gasteiger partial charge < -0.3 is 15.4 Å². The molecule has 0 aliphatic heterocycles. The molecule has 0 unspecified atom stereocenters. The fraction of sp³-hybridized carbons (Fsp3) is 0.133. The van der Waals surface area contributed by atoms with Gasteiger partial charge in [-0.2, -0.15) is 0 Å². The second-order valence-corrected chi connectivity index (χ2v) is 6.49. The third-order valence-electron chi connectivity index (χ3n) is 2.89. The van der Waals surface area contributed by atoms with Crippen molar-refractivity contribution in [1.82, 2.24) is 9.97 Å². The maximum Gasteiger partial charge on any atom is 0.223 e. The van der Waals surface area contributed by atoms with E-state index in [1.165, 1.54) is 29.6 Å². The molecule has 1 amide bonds. The van der Waals surface area contributed by atoms with E-state index in [9.17, 15) is 4.79 Å². The Kier molecular flexibility index (Phi) is 6.29. The smallest absolute Gasteiger partial charge is 0.223 e. The quantitative estimate of drug-likeness (QED) is 0.625. The number of carbonyl (C=O) groups excluding carboxylic acids is 1. The van der Waals surface area contributed by atoms with Gasteiger partial charge >= 0.3 is 0 Å². The first kappa shape index (κ1) is 18.4. The molecule has 1 aromatic carbocycles. The lowest BCUT2D eigenvalue weighted by atomic mass is 10.3. The molecule has 0 atom stereocenters. The summed E-state index contributed by atoms with van der Waals surface area (Å²) in [5, 5.41) is 9.24. The second-order valence-electron chi connectivity index (χ2n) is 4.60. The molecule has 24 heavy (non-hydrogen) atoms. The van der Waals surface area contributed by atoms with Crippen LogP contribution < -0.4 is 15.4 Å². The molecule has 2 heterocycles. The fourth-order valence-corrected chi connectivity index (χ4v) is 3.47. The number of rotatable bonds is 5. The van der Waals surface area contributed by atoms with Gasteiger partial charge in [-0.05, 0) is 24.3 Å². The summed E-state index contributed by atoms with van der Waals surface area (Å²) in [6, 6.07) is 7.64. The van der Waals surface area contributed by atoms with Crippen molar-refractivity contribution >= 4 is 61.5 Å². The van der Waals surface area contributed by atoms with Crippen LogP contribution in [-0.2, 0) is 4.79 Å². The number of hydrogen-bond donors (Lipinski definition) is 2. The zero-order valence-corrected chi connectivity index (χ0v) is 16.2. The largest absolute Gasteiger partial charge is 0.497 e. The maximum atomic E-state index is 11.0. The lowest BCUT2D eigenvalue weighted by Crippen LogP contribution is -2.04. The highest BCUT2D eigenvalue weighted by Gasteiger charge is 2.09. The van der Waals surface area contributed by atoms with E-state index < -0.39 is 0 Å². The summed E-state index contributed by atoms with van der Waals surface area (Å²) >= 11 is 2.91. The number of aromatic nitrogens is 2. The summed E-state index contributed by atoms with van der Waals surface area (Å²) in [6.45, 7) is 1.46. The van der Waals surface area contributed by atoms with Crippen molar-refractivity contribution in [2.75, 3.05) is 17.7 Å². The zero-order chi connectivity index (χ0) is 16.2. The van der Waals surface area contributed by atoms with Crippen molar-refractivity contribution < 1.29 is 9.53 Å². The Morgan fingerprint density at radius 1 is 1.21 bits per heavy atom. The standard InChI is InChI=1S/C15H14N4O2S2.BrH/c1-9(20)17-14-16-7-13(23-14)12-8-22-15(19-12)18-10-3-5-11(21-2)6-4-10;/h3-8H,1-2H3,(H,18,19)(H,16,17,20);1H. The van der Waals surface area contributed by atoms with E-state index in [1.54, 1.807) is 13.3 Å². The number of nitrogens with one attached hydrogen (secondary N) is 2. The normalized spacial score (nSPS) is 9.92. The van der Waals surface area contributed by atoms with Gasteiger partial charge in [0.1, 0.15) is 5.75 Å². The molecule has 9 heteroatoms. The van der Waals surface area contributed by atoms with Crippen molar-refractivity contribution in [2.24, 2.45) is 0 Å². The molecule has 0 bridgehead atoms. The minimum Gasteiger partial charge on any atom is -0.497 e. The first-order valence-corrected chi connectivity index (χ1v) is 8.44. The molecule has 0 fully saturated rings. The first-order chi connectivity index (χ1) is 11.1. The van der Waals surface area contributed by atoms with Crippen molar-refractivity contribution in [3.8, 4) is 16.3 Å². The van der Waals surface area contributed by atoms with E-state index in [0.29, 0.717) is 5.13 Å². The van der Waals surface area contributed by atoms with Crippen LogP contribution in [0.2, 0.25) is 0 Å². The molecule has 0 aliphatic carbocycles. The number of methoxy groups -OCH3 is 1. The Labute approximate surface area is 157 Å². The van der Waals surface area contributed by atoms with Crippen LogP contribution >= 0.6 is 39.7 Å². The van der Waals surface area contributed by atoms with Crippen molar-refractivity contribution in [3.05, 3.63) is 35.8 Å². The third-order valence-corrected chi connectivity index (χ3v) is 4.58. The van der Waals surface area contributed by atoms with Gasteiger partial charge in [0.25, 0.3) is 0 Å². The molecular weight excluding hydrogens is 412 g/mol. The van der Waals surface area contributed by atoms with Gasteiger partial charge in [-0.1, -0.05) is 11.3 Å². The van der Waals surface area contributed by atoms with E-state index in [1.807, 2.05) is 29.6 Å². The molecular formula is C15H15BrN4O2S2. The fourth-order valence-electron chi connectivity index (χ4n) is 1.84. The molecule has 2 N–H and O–H groups in total. The van der Waals surface area contributed by atoms with Crippen LogP contribution in [-0.4, -0.2) is 23.0 Å². The summed E-state index contributed by atoms with van der Waals surface area (Å²) in [6.07, 6.45) is 1.71. The predicted molar refractivity (Wildman–Crippen MR) is 104 cm³/mol. The van der Waals surface area contributed by atoms with Gasteiger partial charge in [0.15, 0.2) is 10.3 Å². The Morgan fingerprint density at radius 2 is 1.96 bits per heavy atom. The van der Waals surface area contributed by atoms with Gasteiger partial charge in [0, 0.05) is 24.2 Å². The van der Waals surface area contributed by atoms with Crippen LogP contribution in [0.4, 0.5) is 16.0 Å². The average molecular weight is 427 g/mol. The number of anilines is 3. The molecule has 0 spiro atoms. The molecule has 0 radical (unpaired) electrons. The summed E-state index contributed by atoms with van der Waals surface area (Å²) in [4.78, 5) is 20.7. The highest BCUT2D eigenvalue weighted by Crippen LogP contribution is 2.32. The Morgan fingerprint density at radius 3 is 2.62 bits per heavy atom. The van der Waals surface area contributed by atoms with Gasteiger partial charge in [-0.15, -0.1) is 28.3 Å². The SMILES string of the molecule is Br.COc1ccc(Nc2nc(-c3cnc(NC(C)=O)s3)cs2)cc1. The molecule has 3 rings (SSSR count). The van der Waals surface area contributed by atoms with Crippen LogP contribution in [0.15, 0.2) is 35.8 Å². The molecule has 6 nitrogen and oxygen atoms in total. The molecule has 0 saturated carbocycles. The zero-order valence-electron chi connectivity index (χ0n) is 12.9. The number of halogens is 1. The maximum absolute atomic E-state index is 11.0. The minimum atomic E-state index is -0.133. The monoisotopic (exact) mass is 426 g/mol. The predicted octanol–water partition coefficient (Wildman–Crippen LogP) is 4.56. The van der Waals surface area contributed by atoms with Crippen LogP contribution in [0, 0.1) is 0 Å². The topological polar surface area (TPSA) is 76.1 Å². The Balaban J connectivity index is 0.00000208. The number of ether oxygens (including phenoxy) is 1. The lowest BCUT2D eigenvalue weighted by molar-refractivity contribution is -0.114. The number of nitrogens with zero attached hydrogens (tertiary/aromatic N) is 2. The summed E-state index contributed by atoms with van der Waals surface area (Å²) < 4.78 is 5.13. The molecule has 0 saturated heterocycles. The summed E-state index contributed by atoms with van der Waals surface area (Å²) in [7, 11) is 1.64. The highest BCUT2D eigenvalue weighted by molar-refractivity contribution is 8.93. The van der Waals surface area contributed by atoms with E-state index in [2.05, 4.69) is 20.6 Å². The van der Waals surface area contributed by atoms with Crippen LogP contribution in [0.3, 0.4) is 0 Å². The molecule has 3 aromatic rings. The van der Waals surface area contributed by atoms with Crippen molar-refractivity contribution in [2.45, 2.75) is 6.92 Å².